The third-order valence-electron chi connectivity index (χ3n) is 4.03. The van der Waals surface area contributed by atoms with Crippen LogP contribution in [0.5, 0.6) is 17.2 Å². The second-order valence-corrected chi connectivity index (χ2v) is 5.87. The molecule has 1 N–H and O–H groups in total. The van der Waals surface area contributed by atoms with Crippen molar-refractivity contribution < 1.29 is 19.0 Å². The van der Waals surface area contributed by atoms with Crippen molar-refractivity contribution in [3.05, 3.63) is 53.6 Å². The molecule has 0 aromatic heterocycles. The van der Waals surface area contributed by atoms with Crippen LogP contribution in [0.4, 0.5) is 0 Å². The van der Waals surface area contributed by atoms with Gasteiger partial charge in [-0.3, -0.25) is 4.79 Å². The van der Waals surface area contributed by atoms with Crippen molar-refractivity contribution in [1.82, 2.24) is 5.32 Å². The molecule has 2 aromatic carbocycles. The van der Waals surface area contributed by atoms with Gasteiger partial charge in [0.1, 0.15) is 5.75 Å². The molecule has 0 aliphatic heterocycles. The summed E-state index contributed by atoms with van der Waals surface area (Å²) in [6.07, 6.45) is -0.594. The van der Waals surface area contributed by atoms with Crippen LogP contribution in [0.15, 0.2) is 42.5 Å². The highest BCUT2D eigenvalue weighted by Crippen LogP contribution is 2.30. The highest BCUT2D eigenvalue weighted by Gasteiger charge is 2.19. The van der Waals surface area contributed by atoms with Crippen LogP contribution in [0.3, 0.4) is 0 Å². The minimum Gasteiger partial charge on any atom is -0.493 e. The highest BCUT2D eigenvalue weighted by atomic mass is 16.5. The summed E-state index contributed by atoms with van der Waals surface area (Å²) in [4.78, 5) is 12.4. The van der Waals surface area contributed by atoms with Crippen LogP contribution < -0.4 is 19.5 Å². The Morgan fingerprint density at radius 2 is 1.64 bits per heavy atom. The number of carbonyl (C=O) groups excluding carboxylic acids is 1. The number of ether oxygens (including phenoxy) is 3. The molecule has 5 heteroatoms. The Bertz CT molecular complexity index is 729. The summed E-state index contributed by atoms with van der Waals surface area (Å²) >= 11 is 0. The van der Waals surface area contributed by atoms with Crippen LogP contribution in [-0.2, 0) is 4.79 Å². The SMILES string of the molecule is COc1ccc([C@@H](C)NC(=O)[C@H](C)Oc2ccccc2C)cc1OC. The molecule has 2 rings (SSSR count). The van der Waals surface area contributed by atoms with E-state index in [1.54, 1.807) is 21.1 Å². The Hall–Kier alpha value is -2.69. The zero-order valence-corrected chi connectivity index (χ0v) is 15.3. The third-order valence-corrected chi connectivity index (χ3v) is 4.03. The lowest BCUT2D eigenvalue weighted by molar-refractivity contribution is -0.127. The summed E-state index contributed by atoms with van der Waals surface area (Å²) < 4.78 is 16.3. The zero-order chi connectivity index (χ0) is 18.4. The molecule has 0 aliphatic rings. The van der Waals surface area contributed by atoms with Crippen molar-refractivity contribution in [1.29, 1.82) is 0 Å². The van der Waals surface area contributed by atoms with E-state index in [4.69, 9.17) is 14.2 Å². The zero-order valence-electron chi connectivity index (χ0n) is 15.3. The molecule has 0 fully saturated rings. The molecule has 0 bridgehead atoms. The fraction of sp³-hybridized carbons (Fsp3) is 0.350. The number of rotatable bonds is 7. The van der Waals surface area contributed by atoms with Crippen molar-refractivity contribution in [3.8, 4) is 17.2 Å². The fourth-order valence-corrected chi connectivity index (χ4v) is 2.47. The second-order valence-electron chi connectivity index (χ2n) is 5.87. The first-order valence-corrected chi connectivity index (χ1v) is 8.20. The Morgan fingerprint density at radius 1 is 0.960 bits per heavy atom. The quantitative estimate of drug-likeness (QED) is 0.834. The average Bonchev–Trinajstić information content (AvgIpc) is 2.62. The van der Waals surface area contributed by atoms with E-state index in [9.17, 15) is 4.79 Å². The molecular formula is C20H25NO4. The first kappa shape index (κ1) is 18.6. The van der Waals surface area contributed by atoms with E-state index in [0.717, 1.165) is 11.1 Å². The second kappa shape index (κ2) is 8.42. The van der Waals surface area contributed by atoms with Crippen molar-refractivity contribution in [2.45, 2.75) is 32.9 Å². The van der Waals surface area contributed by atoms with Gasteiger partial charge in [0.2, 0.25) is 0 Å². The molecule has 2 atom stereocenters. The maximum Gasteiger partial charge on any atom is 0.261 e. The number of carbonyl (C=O) groups is 1. The maximum absolute atomic E-state index is 12.4. The molecule has 5 nitrogen and oxygen atoms in total. The van der Waals surface area contributed by atoms with Gasteiger partial charge < -0.3 is 19.5 Å². The van der Waals surface area contributed by atoms with Crippen LogP contribution in [0, 0.1) is 6.92 Å². The largest absolute Gasteiger partial charge is 0.493 e. The van der Waals surface area contributed by atoms with E-state index in [1.165, 1.54) is 0 Å². The predicted molar refractivity (Wildman–Crippen MR) is 97.4 cm³/mol. The fourth-order valence-electron chi connectivity index (χ4n) is 2.47. The number of methoxy groups -OCH3 is 2. The van der Waals surface area contributed by atoms with Crippen LogP contribution in [-0.4, -0.2) is 26.2 Å². The lowest BCUT2D eigenvalue weighted by Crippen LogP contribution is -2.37. The van der Waals surface area contributed by atoms with Crippen LogP contribution in [0.2, 0.25) is 0 Å². The maximum atomic E-state index is 12.4. The van der Waals surface area contributed by atoms with Gasteiger partial charge in [-0.05, 0) is 50.1 Å². The lowest BCUT2D eigenvalue weighted by atomic mass is 10.1. The number of benzene rings is 2. The minimum atomic E-state index is -0.594. The molecule has 0 aliphatic carbocycles. The first-order valence-electron chi connectivity index (χ1n) is 8.20. The smallest absolute Gasteiger partial charge is 0.261 e. The van der Waals surface area contributed by atoms with Crippen LogP contribution in [0.1, 0.15) is 31.0 Å². The molecule has 0 radical (unpaired) electrons. The number of nitrogens with one attached hydrogen (secondary N) is 1. The van der Waals surface area contributed by atoms with Gasteiger partial charge in [-0.1, -0.05) is 24.3 Å². The average molecular weight is 343 g/mol. The van der Waals surface area contributed by atoms with Crippen molar-refractivity contribution in [3.63, 3.8) is 0 Å². The summed E-state index contributed by atoms with van der Waals surface area (Å²) in [6.45, 7) is 5.61. The third kappa shape index (κ3) is 4.66. The highest BCUT2D eigenvalue weighted by molar-refractivity contribution is 5.81. The molecule has 0 unspecified atom stereocenters. The number of para-hydroxylation sites is 1. The van der Waals surface area contributed by atoms with Crippen molar-refractivity contribution >= 4 is 5.91 Å². The van der Waals surface area contributed by atoms with E-state index in [0.29, 0.717) is 17.2 Å². The molecule has 0 saturated heterocycles. The van der Waals surface area contributed by atoms with Gasteiger partial charge >= 0.3 is 0 Å². The number of amides is 1. The number of aryl methyl sites for hydroxylation is 1. The topological polar surface area (TPSA) is 56.8 Å². The van der Waals surface area contributed by atoms with E-state index in [-0.39, 0.29) is 11.9 Å². The molecule has 134 valence electrons. The monoisotopic (exact) mass is 343 g/mol. The minimum absolute atomic E-state index is 0.175. The van der Waals surface area contributed by atoms with Gasteiger partial charge in [-0.2, -0.15) is 0 Å². The summed E-state index contributed by atoms with van der Waals surface area (Å²) in [5, 5.41) is 2.96. The summed E-state index contributed by atoms with van der Waals surface area (Å²) in [7, 11) is 3.18. The normalized spacial score (nSPS) is 12.8. The molecule has 0 spiro atoms. The van der Waals surface area contributed by atoms with Gasteiger partial charge in [0.05, 0.1) is 20.3 Å². The van der Waals surface area contributed by atoms with Gasteiger partial charge in [-0.25, -0.2) is 0 Å². The molecule has 0 heterocycles. The molecule has 2 aromatic rings. The summed E-state index contributed by atoms with van der Waals surface area (Å²) in [5.41, 5.74) is 1.92. The van der Waals surface area contributed by atoms with Crippen LogP contribution in [0.25, 0.3) is 0 Å². The van der Waals surface area contributed by atoms with E-state index in [1.807, 2.05) is 56.3 Å². The predicted octanol–water partition coefficient (Wildman–Crippen LogP) is 3.66. The Morgan fingerprint density at radius 3 is 2.28 bits per heavy atom. The van der Waals surface area contributed by atoms with E-state index >= 15 is 0 Å². The van der Waals surface area contributed by atoms with Crippen molar-refractivity contribution in [2.24, 2.45) is 0 Å². The van der Waals surface area contributed by atoms with E-state index < -0.39 is 6.10 Å². The van der Waals surface area contributed by atoms with Gasteiger partial charge in [0, 0.05) is 0 Å². The molecule has 0 saturated carbocycles. The molecule has 1 amide bonds. The Balaban J connectivity index is 2.03. The Kier molecular flexibility index (Phi) is 6.28. The number of hydrogen-bond acceptors (Lipinski definition) is 4. The summed E-state index contributed by atoms with van der Waals surface area (Å²) in [5.74, 6) is 1.82. The van der Waals surface area contributed by atoms with Gasteiger partial charge in [0.15, 0.2) is 17.6 Å². The summed E-state index contributed by atoms with van der Waals surface area (Å²) in [6, 6.07) is 13.0. The number of hydrogen-bond donors (Lipinski definition) is 1. The van der Waals surface area contributed by atoms with Gasteiger partial charge in [0.25, 0.3) is 5.91 Å². The van der Waals surface area contributed by atoms with Crippen molar-refractivity contribution in [2.75, 3.05) is 14.2 Å². The molecule has 25 heavy (non-hydrogen) atoms. The van der Waals surface area contributed by atoms with E-state index in [2.05, 4.69) is 5.32 Å². The Labute approximate surface area is 148 Å². The standard InChI is InChI=1S/C20H25NO4/c1-13-8-6-7-9-17(13)25-15(3)20(22)21-14(2)16-10-11-18(23-4)19(12-16)24-5/h6-12,14-15H,1-5H3,(H,21,22)/t14-,15+/m1/s1. The van der Waals surface area contributed by atoms with Crippen LogP contribution >= 0.6 is 0 Å². The molecular weight excluding hydrogens is 318 g/mol. The first-order chi connectivity index (χ1) is 12.0. The van der Waals surface area contributed by atoms with Gasteiger partial charge in [-0.15, -0.1) is 0 Å². The lowest BCUT2D eigenvalue weighted by Gasteiger charge is -2.20.